The molecule has 20 heavy (non-hydrogen) atoms. The molecule has 0 atom stereocenters. The summed E-state index contributed by atoms with van der Waals surface area (Å²) < 4.78 is 0. The Bertz CT molecular complexity index is 454. The van der Waals surface area contributed by atoms with Crippen molar-refractivity contribution < 1.29 is 10.3 Å². The molecule has 0 unspecified atom stereocenters. The van der Waals surface area contributed by atoms with Crippen molar-refractivity contribution in [1.82, 2.24) is 5.32 Å². The predicted octanol–water partition coefficient (Wildman–Crippen LogP) is 1.42. The number of hydrogen-bond donors (Lipinski definition) is 4. The van der Waals surface area contributed by atoms with E-state index in [0.717, 1.165) is 43.4 Å². The number of nitrogens with one attached hydrogen (secondary N) is 1. The Hall–Kier alpha value is -1.59. The highest BCUT2D eigenvalue weighted by Gasteiger charge is 2.18. The first-order valence-corrected chi connectivity index (χ1v) is 7.15. The number of oxime groups is 1. The van der Waals surface area contributed by atoms with E-state index in [9.17, 15) is 5.11 Å². The molecule has 0 spiro atoms. The molecule has 0 radical (unpaired) electrons. The molecule has 5 N–H and O–H groups in total. The highest BCUT2D eigenvalue weighted by molar-refractivity contribution is 5.98. The number of benzene rings is 1. The molecule has 110 valence electrons. The van der Waals surface area contributed by atoms with Gasteiger partial charge in [0.05, 0.1) is 6.10 Å². The Morgan fingerprint density at radius 3 is 2.65 bits per heavy atom. The van der Waals surface area contributed by atoms with E-state index in [1.165, 1.54) is 0 Å². The molecule has 5 nitrogen and oxygen atoms in total. The molecule has 1 aromatic rings. The van der Waals surface area contributed by atoms with E-state index in [-0.39, 0.29) is 11.9 Å². The van der Waals surface area contributed by atoms with E-state index in [2.05, 4.69) is 10.5 Å². The van der Waals surface area contributed by atoms with Crippen LogP contribution >= 0.6 is 0 Å². The second-order valence-corrected chi connectivity index (χ2v) is 5.45. The summed E-state index contributed by atoms with van der Waals surface area (Å²) in [7, 11) is 0. The maximum atomic E-state index is 9.48. The summed E-state index contributed by atoms with van der Waals surface area (Å²) in [4.78, 5) is 0. The molecular formula is C15H23N3O2. The number of aliphatic hydroxyl groups excluding tert-OH is 1. The molecule has 0 saturated heterocycles. The van der Waals surface area contributed by atoms with Crippen LogP contribution in [0.25, 0.3) is 0 Å². The number of hydrogen-bond acceptors (Lipinski definition) is 4. The van der Waals surface area contributed by atoms with Gasteiger partial charge in [-0.2, -0.15) is 0 Å². The second kappa shape index (κ2) is 7.26. The van der Waals surface area contributed by atoms with E-state index in [0.29, 0.717) is 12.5 Å². The second-order valence-electron chi connectivity index (χ2n) is 5.45. The lowest BCUT2D eigenvalue weighted by Crippen LogP contribution is -2.28. The van der Waals surface area contributed by atoms with E-state index < -0.39 is 0 Å². The van der Waals surface area contributed by atoms with Crippen LogP contribution in [0.4, 0.5) is 0 Å². The molecule has 5 heteroatoms. The highest BCUT2D eigenvalue weighted by Crippen LogP contribution is 2.23. The first kappa shape index (κ1) is 14.8. The van der Waals surface area contributed by atoms with Crippen molar-refractivity contribution in [2.45, 2.75) is 38.3 Å². The van der Waals surface area contributed by atoms with Crippen LogP contribution in [0.1, 0.15) is 36.8 Å². The third kappa shape index (κ3) is 3.95. The van der Waals surface area contributed by atoms with E-state index in [1.54, 1.807) is 0 Å². The zero-order valence-corrected chi connectivity index (χ0v) is 11.6. The maximum Gasteiger partial charge on any atom is 0.170 e. The number of aliphatic hydroxyl groups is 1. The van der Waals surface area contributed by atoms with Gasteiger partial charge in [0.15, 0.2) is 5.84 Å². The van der Waals surface area contributed by atoms with Crippen LogP contribution < -0.4 is 11.1 Å². The fourth-order valence-electron chi connectivity index (χ4n) is 2.74. The Balaban J connectivity index is 1.85. The van der Waals surface area contributed by atoms with Gasteiger partial charge in [-0.1, -0.05) is 29.4 Å². The topological polar surface area (TPSA) is 90.9 Å². The van der Waals surface area contributed by atoms with Crippen LogP contribution in [0.3, 0.4) is 0 Å². The molecule has 1 fully saturated rings. The molecule has 1 aliphatic rings. The van der Waals surface area contributed by atoms with Crippen molar-refractivity contribution in [3.05, 3.63) is 35.4 Å². The summed E-state index contributed by atoms with van der Waals surface area (Å²) in [5, 5.41) is 24.8. The van der Waals surface area contributed by atoms with Crippen LogP contribution in [-0.2, 0) is 6.54 Å². The molecule has 0 amide bonds. The smallest absolute Gasteiger partial charge is 0.170 e. The summed E-state index contributed by atoms with van der Waals surface area (Å²) in [5.74, 6) is 0.776. The van der Waals surface area contributed by atoms with Crippen molar-refractivity contribution in [3.8, 4) is 0 Å². The molecule has 2 rings (SSSR count). The maximum absolute atomic E-state index is 9.48. The van der Waals surface area contributed by atoms with Crippen molar-refractivity contribution in [2.75, 3.05) is 6.54 Å². The first-order chi connectivity index (χ1) is 9.70. The van der Waals surface area contributed by atoms with Gasteiger partial charge in [0, 0.05) is 12.1 Å². The largest absolute Gasteiger partial charge is 0.409 e. The normalized spacial score (nSPS) is 23.8. The quantitative estimate of drug-likeness (QED) is 0.283. The minimum Gasteiger partial charge on any atom is -0.409 e. The average molecular weight is 277 g/mol. The SMILES string of the molecule is N/C(=N/O)c1ccccc1CNCC1CCC(O)CC1. The Morgan fingerprint density at radius 1 is 1.25 bits per heavy atom. The summed E-state index contributed by atoms with van der Waals surface area (Å²) >= 11 is 0. The Kier molecular flexibility index (Phi) is 5.38. The Labute approximate surface area is 119 Å². The van der Waals surface area contributed by atoms with Gasteiger partial charge >= 0.3 is 0 Å². The highest BCUT2D eigenvalue weighted by atomic mass is 16.4. The fourth-order valence-corrected chi connectivity index (χ4v) is 2.74. The minimum atomic E-state index is -0.104. The molecule has 0 bridgehead atoms. The summed E-state index contributed by atoms with van der Waals surface area (Å²) in [5.41, 5.74) is 7.46. The van der Waals surface area contributed by atoms with Crippen LogP contribution in [0, 0.1) is 5.92 Å². The van der Waals surface area contributed by atoms with Gasteiger partial charge in [-0.05, 0) is 43.7 Å². The Morgan fingerprint density at radius 2 is 1.95 bits per heavy atom. The van der Waals surface area contributed by atoms with Crippen molar-refractivity contribution in [1.29, 1.82) is 0 Å². The first-order valence-electron chi connectivity index (χ1n) is 7.15. The van der Waals surface area contributed by atoms with Gasteiger partial charge in [0.1, 0.15) is 0 Å². The van der Waals surface area contributed by atoms with Gasteiger partial charge in [-0.25, -0.2) is 0 Å². The van der Waals surface area contributed by atoms with Crippen LogP contribution in [0.15, 0.2) is 29.4 Å². The molecule has 0 aromatic heterocycles. The van der Waals surface area contributed by atoms with E-state index in [4.69, 9.17) is 10.9 Å². The van der Waals surface area contributed by atoms with Crippen LogP contribution in [0.5, 0.6) is 0 Å². The summed E-state index contributed by atoms with van der Waals surface area (Å²) in [6.45, 7) is 1.64. The molecule has 1 aromatic carbocycles. The van der Waals surface area contributed by atoms with E-state index >= 15 is 0 Å². The van der Waals surface area contributed by atoms with Gasteiger partial charge < -0.3 is 21.4 Å². The van der Waals surface area contributed by atoms with Gasteiger partial charge in [0.25, 0.3) is 0 Å². The van der Waals surface area contributed by atoms with Gasteiger partial charge in [-0.15, -0.1) is 0 Å². The lowest BCUT2D eigenvalue weighted by atomic mass is 9.87. The van der Waals surface area contributed by atoms with Crippen molar-refractivity contribution >= 4 is 5.84 Å². The lowest BCUT2D eigenvalue weighted by molar-refractivity contribution is 0.108. The predicted molar refractivity (Wildman–Crippen MR) is 78.6 cm³/mol. The molecule has 0 aliphatic heterocycles. The number of nitrogens with zero attached hydrogens (tertiary/aromatic N) is 1. The van der Waals surface area contributed by atoms with Crippen LogP contribution in [-0.4, -0.2) is 28.8 Å². The third-order valence-electron chi connectivity index (χ3n) is 3.97. The number of rotatable bonds is 5. The average Bonchev–Trinajstić information content (AvgIpc) is 2.49. The van der Waals surface area contributed by atoms with Gasteiger partial charge in [0.2, 0.25) is 0 Å². The fraction of sp³-hybridized carbons (Fsp3) is 0.533. The minimum absolute atomic E-state index is 0.104. The lowest BCUT2D eigenvalue weighted by Gasteiger charge is -2.25. The van der Waals surface area contributed by atoms with Crippen molar-refractivity contribution in [3.63, 3.8) is 0 Å². The summed E-state index contributed by atoms with van der Waals surface area (Å²) in [6.07, 6.45) is 3.87. The molecule has 1 saturated carbocycles. The zero-order chi connectivity index (χ0) is 14.4. The standard InChI is InChI=1S/C15H23N3O2/c16-15(18-20)14-4-2-1-3-12(14)10-17-9-11-5-7-13(19)8-6-11/h1-4,11,13,17,19-20H,5-10H2,(H2,16,18). The molecular weight excluding hydrogens is 254 g/mol. The monoisotopic (exact) mass is 277 g/mol. The molecule has 1 aliphatic carbocycles. The summed E-state index contributed by atoms with van der Waals surface area (Å²) in [6, 6.07) is 7.65. The van der Waals surface area contributed by atoms with Crippen LogP contribution in [0.2, 0.25) is 0 Å². The van der Waals surface area contributed by atoms with E-state index in [1.807, 2.05) is 24.3 Å². The zero-order valence-electron chi connectivity index (χ0n) is 11.6. The molecule has 0 heterocycles. The third-order valence-corrected chi connectivity index (χ3v) is 3.97. The number of amidine groups is 1. The van der Waals surface area contributed by atoms with Gasteiger partial charge in [-0.3, -0.25) is 0 Å². The van der Waals surface area contributed by atoms with Crippen molar-refractivity contribution in [2.24, 2.45) is 16.8 Å². The number of nitrogens with two attached hydrogens (primary N) is 1.